The number of nitrogens with one attached hydrogen (secondary N) is 3. The van der Waals surface area contributed by atoms with Gasteiger partial charge in [0.05, 0.1) is 25.4 Å². The number of nitrogens with zero attached hydrogens (tertiary/aromatic N) is 3. The van der Waals surface area contributed by atoms with E-state index in [9.17, 15) is 19.8 Å². The van der Waals surface area contributed by atoms with Crippen molar-refractivity contribution in [3.05, 3.63) is 0 Å². The Morgan fingerprint density at radius 3 is 2.45 bits per heavy atom. The Bertz CT molecular complexity index is 1280. The lowest BCUT2D eigenvalue weighted by molar-refractivity contribution is -0.195. The van der Waals surface area contributed by atoms with E-state index in [-0.39, 0.29) is 48.3 Å². The van der Waals surface area contributed by atoms with Crippen molar-refractivity contribution < 1.29 is 29.4 Å². The third-order valence-corrected chi connectivity index (χ3v) is 16.0. The second-order valence-electron chi connectivity index (χ2n) is 20.3. The highest BCUT2D eigenvalue weighted by molar-refractivity contribution is 5.83. The van der Waals surface area contributed by atoms with Crippen LogP contribution in [0.15, 0.2) is 0 Å². The molecule has 0 aromatic carbocycles. The monoisotopic (exact) mass is 789 g/mol. The molecule has 2 heterocycles. The van der Waals surface area contributed by atoms with Crippen LogP contribution in [0.2, 0.25) is 0 Å². The average Bonchev–Trinajstić information content (AvgIpc) is 3.54. The van der Waals surface area contributed by atoms with Gasteiger partial charge in [0.25, 0.3) is 0 Å². The number of piperidine rings is 1. The van der Waals surface area contributed by atoms with Gasteiger partial charge in [0.2, 0.25) is 11.8 Å². The van der Waals surface area contributed by atoms with E-state index in [1.54, 1.807) is 6.92 Å². The summed E-state index contributed by atoms with van der Waals surface area (Å²) in [6.45, 7) is 12.2. The zero-order valence-corrected chi connectivity index (χ0v) is 36.3. The molecule has 7 aliphatic rings. The highest BCUT2D eigenvalue weighted by Gasteiger charge is 2.58. The summed E-state index contributed by atoms with van der Waals surface area (Å²) in [5, 5.41) is 33.8. The summed E-state index contributed by atoms with van der Waals surface area (Å²) in [4.78, 5) is 39.2. The van der Waals surface area contributed by atoms with Crippen LogP contribution in [0.1, 0.15) is 105 Å². The van der Waals surface area contributed by atoms with Crippen molar-refractivity contribution in [1.82, 2.24) is 30.8 Å². The minimum Gasteiger partial charge on any atom is -0.394 e. The molecule has 0 spiro atoms. The maximum Gasteiger partial charge on any atom is 0.240 e. The standard InChI is InChI=1S/C44H80N6O6/c1-27-36-23-32(44(36,3)4)24-37(27)47-43(54)40-39(28(2)52)38(26-51)56-50(40)25-29-12-11-14-35(41(29)55-19-18-48(5)6)30-20-31(22-34(21-30)49(7)8)42(53)46-17-15-33-13-9-10-16-45-33/h27-41,45,51-52H,9-26H2,1-8H3,(H,46,53)(H,47,54)/t27-,28-,29?,30?,31?,32+,33?,34?,35?,36-,37?,38-,39+,40-,41?/m0/s1. The zero-order chi connectivity index (χ0) is 40.3. The van der Waals surface area contributed by atoms with Crippen molar-refractivity contribution in [3.8, 4) is 0 Å². The molecular formula is C44H80N6O6. The number of carbonyl (C=O) groups excluding carboxylic acids is 2. The van der Waals surface area contributed by atoms with Gasteiger partial charge in [-0.1, -0.05) is 33.6 Å². The van der Waals surface area contributed by atoms with Crippen molar-refractivity contribution in [2.75, 3.05) is 67.6 Å². The SMILES string of the molecule is C[C@H](O)[C@@H]1[C@H](CO)ON(CC2CCCC(C3CC(C(=O)NCCC4CCCCN4)CC(N(C)C)C3)C2OCCN(C)C)[C@@H]1C(=O)NC1C[C@H]2C[C@@H]([C@@H]1C)C2(C)C. The smallest absolute Gasteiger partial charge is 0.240 e. The molecule has 322 valence electrons. The predicted octanol–water partition coefficient (Wildman–Crippen LogP) is 3.51. The molecular weight excluding hydrogens is 709 g/mol. The Labute approximate surface area is 338 Å². The molecule has 8 unspecified atom stereocenters. The van der Waals surface area contributed by atoms with Gasteiger partial charge < -0.3 is 40.7 Å². The number of fused-ring (bicyclic) bond motifs is 2. The Kier molecular flexibility index (Phi) is 15.3. The maximum atomic E-state index is 14.5. The van der Waals surface area contributed by atoms with Crippen LogP contribution in [-0.4, -0.2) is 147 Å². The topological polar surface area (TPSA) is 139 Å². The van der Waals surface area contributed by atoms with Crippen molar-refractivity contribution in [2.45, 2.75) is 147 Å². The van der Waals surface area contributed by atoms with Crippen LogP contribution in [0.4, 0.5) is 0 Å². The molecule has 2 saturated heterocycles. The van der Waals surface area contributed by atoms with Gasteiger partial charge >= 0.3 is 0 Å². The molecule has 2 aliphatic heterocycles. The molecule has 0 radical (unpaired) electrons. The fraction of sp³-hybridized carbons (Fsp3) is 0.955. The molecule has 2 amide bonds. The van der Waals surface area contributed by atoms with E-state index in [0.717, 1.165) is 71.0 Å². The van der Waals surface area contributed by atoms with Gasteiger partial charge in [0.1, 0.15) is 12.1 Å². The Morgan fingerprint density at radius 1 is 1.02 bits per heavy atom. The maximum absolute atomic E-state index is 14.5. The van der Waals surface area contributed by atoms with E-state index < -0.39 is 24.2 Å². The van der Waals surface area contributed by atoms with Gasteiger partial charge in [-0.3, -0.25) is 14.4 Å². The third kappa shape index (κ3) is 9.96. The molecule has 7 rings (SSSR count). The van der Waals surface area contributed by atoms with E-state index in [1.807, 2.05) is 5.06 Å². The van der Waals surface area contributed by atoms with Crippen LogP contribution < -0.4 is 16.0 Å². The summed E-state index contributed by atoms with van der Waals surface area (Å²) in [6.07, 6.45) is 11.1. The summed E-state index contributed by atoms with van der Waals surface area (Å²) in [6, 6.07) is 0.200. The molecule has 56 heavy (non-hydrogen) atoms. The molecule has 2 bridgehead atoms. The van der Waals surface area contributed by atoms with Crippen molar-refractivity contribution in [3.63, 3.8) is 0 Å². The molecule has 5 saturated carbocycles. The Hall–Kier alpha value is -1.38. The van der Waals surface area contributed by atoms with Crippen LogP contribution in [0.5, 0.6) is 0 Å². The number of hydrogen-bond donors (Lipinski definition) is 5. The summed E-state index contributed by atoms with van der Waals surface area (Å²) >= 11 is 0. The van der Waals surface area contributed by atoms with E-state index in [1.165, 1.54) is 25.7 Å². The number of rotatable bonds is 16. The van der Waals surface area contributed by atoms with E-state index in [0.29, 0.717) is 54.3 Å². The second-order valence-corrected chi connectivity index (χ2v) is 20.3. The first-order valence-electron chi connectivity index (χ1n) is 22.7. The lowest BCUT2D eigenvalue weighted by Gasteiger charge is -2.62. The second kappa shape index (κ2) is 19.3. The number of likely N-dealkylation sites (N-methyl/N-ethyl adjacent to an activating group) is 1. The minimum absolute atomic E-state index is 0.0332. The molecule has 7 fully saturated rings. The molecule has 12 heteroatoms. The summed E-state index contributed by atoms with van der Waals surface area (Å²) in [5.41, 5.74) is 0.313. The van der Waals surface area contributed by atoms with E-state index in [4.69, 9.17) is 9.57 Å². The lowest BCUT2D eigenvalue weighted by Crippen LogP contribution is -2.62. The largest absolute Gasteiger partial charge is 0.394 e. The van der Waals surface area contributed by atoms with Crippen molar-refractivity contribution in [2.24, 2.45) is 52.8 Å². The van der Waals surface area contributed by atoms with Gasteiger partial charge in [-0.2, -0.15) is 5.06 Å². The highest BCUT2D eigenvalue weighted by Crippen LogP contribution is 2.61. The first-order valence-corrected chi connectivity index (χ1v) is 22.7. The van der Waals surface area contributed by atoms with Gasteiger partial charge in [-0.05, 0) is 141 Å². The first kappa shape index (κ1) is 44.2. The third-order valence-electron chi connectivity index (χ3n) is 16.0. The van der Waals surface area contributed by atoms with Gasteiger partial charge in [0.15, 0.2) is 0 Å². The van der Waals surface area contributed by atoms with Crippen LogP contribution in [-0.2, 0) is 19.2 Å². The molecule has 0 aromatic heterocycles. The number of hydrogen-bond acceptors (Lipinski definition) is 10. The fourth-order valence-electron chi connectivity index (χ4n) is 12.4. The molecule has 12 nitrogen and oxygen atoms in total. The van der Waals surface area contributed by atoms with Crippen LogP contribution in [0.3, 0.4) is 0 Å². The van der Waals surface area contributed by atoms with Gasteiger partial charge in [0, 0.05) is 55.5 Å². The van der Waals surface area contributed by atoms with E-state index in [2.05, 4.69) is 74.7 Å². The number of aliphatic hydroxyl groups excluding tert-OH is 2. The number of aliphatic hydroxyl groups is 2. The highest BCUT2D eigenvalue weighted by atomic mass is 16.7. The predicted molar refractivity (Wildman–Crippen MR) is 219 cm³/mol. The Morgan fingerprint density at radius 2 is 1.80 bits per heavy atom. The van der Waals surface area contributed by atoms with Crippen LogP contribution in [0, 0.1) is 52.8 Å². The first-order chi connectivity index (χ1) is 26.7. The normalized spacial score (nSPS) is 40.6. The molecule has 5 N–H and O–H groups in total. The lowest BCUT2D eigenvalue weighted by atomic mass is 9.45. The molecule has 0 aromatic rings. The number of amides is 2. The number of carbonyl (C=O) groups is 2. The molecule has 15 atom stereocenters. The van der Waals surface area contributed by atoms with Crippen molar-refractivity contribution >= 4 is 11.8 Å². The van der Waals surface area contributed by atoms with Gasteiger partial charge in [-0.25, -0.2) is 0 Å². The fourth-order valence-corrected chi connectivity index (χ4v) is 12.4. The summed E-state index contributed by atoms with van der Waals surface area (Å²) < 4.78 is 6.96. The summed E-state index contributed by atoms with van der Waals surface area (Å²) in [5.74, 6) is 1.79. The van der Waals surface area contributed by atoms with Crippen molar-refractivity contribution in [1.29, 1.82) is 0 Å². The van der Waals surface area contributed by atoms with Crippen LogP contribution >= 0.6 is 0 Å². The molecule has 5 aliphatic carbocycles. The number of ether oxygens (including phenoxy) is 1. The minimum atomic E-state index is -0.831. The zero-order valence-electron chi connectivity index (χ0n) is 36.3. The Balaban J connectivity index is 1.18. The summed E-state index contributed by atoms with van der Waals surface area (Å²) in [7, 11) is 8.43. The average molecular weight is 789 g/mol. The van der Waals surface area contributed by atoms with Crippen LogP contribution in [0.25, 0.3) is 0 Å². The quantitative estimate of drug-likeness (QED) is 0.158. The van der Waals surface area contributed by atoms with Gasteiger partial charge in [-0.15, -0.1) is 0 Å². The van der Waals surface area contributed by atoms with E-state index >= 15 is 0 Å². The number of hydroxylamine groups is 2.